The van der Waals surface area contributed by atoms with Crippen LogP contribution in [0.25, 0.3) is 16.3 Å². The minimum Gasteiger partial charge on any atom is -0.456 e. The molecular weight excluding hydrogens is 248 g/mol. The fraction of sp³-hybridized carbons (Fsp3) is 0.278. The summed E-state index contributed by atoms with van der Waals surface area (Å²) in [4.78, 5) is 12.1. The summed E-state index contributed by atoms with van der Waals surface area (Å²) in [6.45, 7) is 11.6. The van der Waals surface area contributed by atoms with Crippen molar-refractivity contribution in [1.29, 1.82) is 0 Å². The first-order valence-corrected chi connectivity index (χ1v) is 6.70. The molecule has 0 fully saturated rings. The number of hydrogen-bond acceptors (Lipinski definition) is 2. The molecule has 0 radical (unpaired) electrons. The molecular formula is C18H20O2. The lowest BCUT2D eigenvalue weighted by atomic mass is 9.98. The Morgan fingerprint density at radius 1 is 1.15 bits per heavy atom. The van der Waals surface area contributed by atoms with E-state index < -0.39 is 5.60 Å². The van der Waals surface area contributed by atoms with E-state index in [1.165, 1.54) is 0 Å². The predicted octanol–water partition coefficient (Wildman–Crippen LogP) is 4.83. The van der Waals surface area contributed by atoms with Gasteiger partial charge in [-0.3, -0.25) is 0 Å². The van der Waals surface area contributed by atoms with Gasteiger partial charge in [0.25, 0.3) is 0 Å². The molecule has 2 heteroatoms. The number of esters is 1. The molecule has 2 nitrogen and oxygen atoms in total. The highest BCUT2D eigenvalue weighted by Crippen LogP contribution is 2.25. The highest BCUT2D eigenvalue weighted by molar-refractivity contribution is 5.99. The van der Waals surface area contributed by atoms with Crippen molar-refractivity contribution in [2.24, 2.45) is 0 Å². The van der Waals surface area contributed by atoms with Gasteiger partial charge in [-0.25, -0.2) is 4.79 Å². The van der Waals surface area contributed by atoms with E-state index in [2.05, 4.69) is 6.58 Å². The standard InChI is InChI=1S/C18H20O2/c1-12(2)15-8-6-7-13-11-14(9-10-16(13)15)17(19)20-18(3,4)5/h6-11H,1H2,2-5H3. The van der Waals surface area contributed by atoms with Gasteiger partial charge in [-0.1, -0.05) is 36.4 Å². The first-order valence-electron chi connectivity index (χ1n) is 6.70. The van der Waals surface area contributed by atoms with Gasteiger partial charge in [0.1, 0.15) is 5.60 Å². The van der Waals surface area contributed by atoms with E-state index in [1.54, 1.807) is 0 Å². The van der Waals surface area contributed by atoms with Gasteiger partial charge in [0.05, 0.1) is 5.56 Å². The number of fused-ring (bicyclic) bond motifs is 1. The van der Waals surface area contributed by atoms with Gasteiger partial charge >= 0.3 is 5.97 Å². The molecule has 20 heavy (non-hydrogen) atoms. The second-order valence-electron chi connectivity index (χ2n) is 6.02. The summed E-state index contributed by atoms with van der Waals surface area (Å²) in [5.41, 5.74) is 2.22. The first kappa shape index (κ1) is 14.3. The van der Waals surface area contributed by atoms with E-state index in [-0.39, 0.29) is 5.97 Å². The fourth-order valence-corrected chi connectivity index (χ4v) is 2.12. The van der Waals surface area contributed by atoms with Crippen LogP contribution >= 0.6 is 0 Å². The Morgan fingerprint density at radius 3 is 2.45 bits per heavy atom. The van der Waals surface area contributed by atoms with Gasteiger partial charge in [0.15, 0.2) is 0 Å². The first-order chi connectivity index (χ1) is 9.28. The maximum Gasteiger partial charge on any atom is 0.338 e. The third-order valence-electron chi connectivity index (χ3n) is 2.97. The lowest BCUT2D eigenvalue weighted by molar-refractivity contribution is 0.00697. The van der Waals surface area contributed by atoms with Crippen LogP contribution in [0, 0.1) is 0 Å². The van der Waals surface area contributed by atoms with Crippen molar-refractivity contribution >= 4 is 22.3 Å². The molecule has 0 saturated carbocycles. The molecule has 0 spiro atoms. The van der Waals surface area contributed by atoms with Crippen LogP contribution in [-0.2, 0) is 4.74 Å². The maximum atomic E-state index is 12.1. The van der Waals surface area contributed by atoms with Gasteiger partial charge in [-0.2, -0.15) is 0 Å². The highest BCUT2D eigenvalue weighted by Gasteiger charge is 2.18. The smallest absolute Gasteiger partial charge is 0.338 e. The maximum absolute atomic E-state index is 12.1. The van der Waals surface area contributed by atoms with Crippen LogP contribution in [0.4, 0.5) is 0 Å². The summed E-state index contributed by atoms with van der Waals surface area (Å²) >= 11 is 0. The molecule has 0 aliphatic heterocycles. The van der Waals surface area contributed by atoms with E-state index in [1.807, 2.05) is 64.1 Å². The van der Waals surface area contributed by atoms with Crippen molar-refractivity contribution in [3.8, 4) is 0 Å². The molecule has 0 heterocycles. The van der Waals surface area contributed by atoms with Crippen LogP contribution in [-0.4, -0.2) is 11.6 Å². The molecule has 2 rings (SSSR count). The average Bonchev–Trinajstić information content (AvgIpc) is 2.35. The summed E-state index contributed by atoms with van der Waals surface area (Å²) in [5.74, 6) is -0.292. The SMILES string of the molecule is C=C(C)c1cccc2cc(C(=O)OC(C)(C)C)ccc12. The number of rotatable bonds is 2. The molecule has 0 amide bonds. The van der Waals surface area contributed by atoms with E-state index in [0.717, 1.165) is 21.9 Å². The number of benzene rings is 2. The Kier molecular flexibility index (Phi) is 3.67. The van der Waals surface area contributed by atoms with Crippen molar-refractivity contribution in [3.05, 3.63) is 54.1 Å². The molecule has 0 bridgehead atoms. The van der Waals surface area contributed by atoms with Crippen LogP contribution in [0.5, 0.6) is 0 Å². The van der Waals surface area contributed by atoms with Crippen molar-refractivity contribution in [2.45, 2.75) is 33.3 Å². The Bertz CT molecular complexity index is 675. The molecule has 0 unspecified atom stereocenters. The number of carbonyl (C=O) groups is 1. The quantitative estimate of drug-likeness (QED) is 0.729. The molecule has 0 atom stereocenters. The van der Waals surface area contributed by atoms with E-state index >= 15 is 0 Å². The lowest BCUT2D eigenvalue weighted by Crippen LogP contribution is -2.23. The number of hydrogen-bond donors (Lipinski definition) is 0. The van der Waals surface area contributed by atoms with Crippen molar-refractivity contribution in [3.63, 3.8) is 0 Å². The molecule has 0 aromatic heterocycles. The Labute approximate surface area is 120 Å². The van der Waals surface area contributed by atoms with Crippen LogP contribution in [0.3, 0.4) is 0 Å². The van der Waals surface area contributed by atoms with Crippen LogP contribution in [0.15, 0.2) is 43.0 Å². The predicted molar refractivity (Wildman–Crippen MR) is 83.8 cm³/mol. The second-order valence-corrected chi connectivity index (χ2v) is 6.02. The summed E-state index contributed by atoms with van der Waals surface area (Å²) in [7, 11) is 0. The normalized spacial score (nSPS) is 11.4. The highest BCUT2D eigenvalue weighted by atomic mass is 16.6. The molecule has 0 aliphatic rings. The number of allylic oxidation sites excluding steroid dienone is 1. The molecule has 2 aromatic carbocycles. The van der Waals surface area contributed by atoms with Gasteiger partial charge in [0.2, 0.25) is 0 Å². The van der Waals surface area contributed by atoms with E-state index in [0.29, 0.717) is 5.56 Å². The second kappa shape index (κ2) is 5.12. The molecule has 104 valence electrons. The molecule has 0 aliphatic carbocycles. The van der Waals surface area contributed by atoms with Gasteiger partial charge in [-0.05, 0) is 56.2 Å². The third-order valence-corrected chi connectivity index (χ3v) is 2.97. The van der Waals surface area contributed by atoms with Gasteiger partial charge < -0.3 is 4.74 Å². The zero-order chi connectivity index (χ0) is 14.9. The molecule has 0 saturated heterocycles. The zero-order valence-corrected chi connectivity index (χ0v) is 12.5. The largest absolute Gasteiger partial charge is 0.456 e. The Hall–Kier alpha value is -2.09. The van der Waals surface area contributed by atoms with Crippen LogP contribution < -0.4 is 0 Å². The van der Waals surface area contributed by atoms with Gasteiger partial charge in [-0.15, -0.1) is 0 Å². The van der Waals surface area contributed by atoms with Crippen LogP contribution in [0.1, 0.15) is 43.6 Å². The Morgan fingerprint density at radius 2 is 1.85 bits per heavy atom. The van der Waals surface area contributed by atoms with Crippen LogP contribution in [0.2, 0.25) is 0 Å². The number of ether oxygens (including phenoxy) is 1. The van der Waals surface area contributed by atoms with Crippen molar-refractivity contribution in [1.82, 2.24) is 0 Å². The summed E-state index contributed by atoms with van der Waals surface area (Å²) in [6, 6.07) is 11.6. The van der Waals surface area contributed by atoms with Crippen molar-refractivity contribution < 1.29 is 9.53 Å². The lowest BCUT2D eigenvalue weighted by Gasteiger charge is -2.19. The average molecular weight is 268 g/mol. The van der Waals surface area contributed by atoms with Crippen molar-refractivity contribution in [2.75, 3.05) is 0 Å². The minimum atomic E-state index is -0.481. The minimum absolute atomic E-state index is 0.292. The molecule has 2 aromatic rings. The fourth-order valence-electron chi connectivity index (χ4n) is 2.12. The van der Waals surface area contributed by atoms with E-state index in [4.69, 9.17) is 4.74 Å². The summed E-state index contributed by atoms with van der Waals surface area (Å²) in [6.07, 6.45) is 0. The topological polar surface area (TPSA) is 26.3 Å². The number of carbonyl (C=O) groups excluding carboxylic acids is 1. The third kappa shape index (κ3) is 3.08. The summed E-state index contributed by atoms with van der Waals surface area (Å²) in [5, 5.41) is 2.13. The monoisotopic (exact) mass is 268 g/mol. The Balaban J connectivity index is 2.45. The molecule has 0 N–H and O–H groups in total. The van der Waals surface area contributed by atoms with Gasteiger partial charge in [0, 0.05) is 0 Å². The van der Waals surface area contributed by atoms with E-state index in [9.17, 15) is 4.79 Å². The summed E-state index contributed by atoms with van der Waals surface area (Å²) < 4.78 is 5.39. The zero-order valence-electron chi connectivity index (χ0n) is 12.5.